The van der Waals surface area contributed by atoms with E-state index in [1.165, 1.54) is 0 Å². The smallest absolute Gasteiger partial charge is 0.322 e. The summed E-state index contributed by atoms with van der Waals surface area (Å²) in [5.74, 6) is 0.0783. The van der Waals surface area contributed by atoms with Crippen LogP contribution in [-0.2, 0) is 4.79 Å². The van der Waals surface area contributed by atoms with E-state index < -0.39 is 5.41 Å². The van der Waals surface area contributed by atoms with Crippen LogP contribution in [0.2, 0.25) is 5.02 Å². The Morgan fingerprint density at radius 2 is 1.73 bits per heavy atom. The van der Waals surface area contributed by atoms with E-state index in [1.54, 1.807) is 6.07 Å². The Hall–Kier alpha value is -1.75. The molecule has 0 aliphatic carbocycles. The second-order valence-electron chi connectivity index (χ2n) is 8.45. The lowest BCUT2D eigenvalue weighted by molar-refractivity contribution is -0.129. The highest BCUT2D eigenvalue weighted by molar-refractivity contribution is 6.33. The fourth-order valence-electron chi connectivity index (χ4n) is 3.98. The third-order valence-electron chi connectivity index (χ3n) is 5.34. The minimum absolute atomic E-state index is 0.0783. The van der Waals surface area contributed by atoms with Crippen molar-refractivity contribution in [3.63, 3.8) is 0 Å². The Kier molecular flexibility index (Phi) is 5.47. The predicted molar refractivity (Wildman–Crippen MR) is 104 cm³/mol. The summed E-state index contributed by atoms with van der Waals surface area (Å²) in [5.41, 5.74) is 0.244. The summed E-state index contributed by atoms with van der Waals surface area (Å²) in [6.45, 7) is 5.78. The molecule has 2 bridgehead atoms. The number of nitrogens with one attached hydrogen (secondary N) is 2. The van der Waals surface area contributed by atoms with Crippen molar-refractivity contribution in [3.8, 4) is 0 Å². The van der Waals surface area contributed by atoms with Gasteiger partial charge in [0.2, 0.25) is 5.91 Å². The van der Waals surface area contributed by atoms with Crippen molar-refractivity contribution < 1.29 is 9.59 Å². The molecule has 142 valence electrons. The molecule has 1 aromatic carbocycles. The van der Waals surface area contributed by atoms with Crippen molar-refractivity contribution in [3.05, 3.63) is 29.3 Å². The maximum Gasteiger partial charge on any atom is 0.322 e. The zero-order valence-corrected chi connectivity index (χ0v) is 16.5. The Balaban J connectivity index is 1.68. The molecule has 2 N–H and O–H groups in total. The quantitative estimate of drug-likeness (QED) is 0.801. The Labute approximate surface area is 160 Å². The lowest BCUT2D eigenvalue weighted by atomic mass is 9.81. The van der Waals surface area contributed by atoms with Crippen molar-refractivity contribution >= 4 is 29.2 Å². The van der Waals surface area contributed by atoms with Crippen LogP contribution in [-0.4, -0.2) is 35.0 Å². The minimum Gasteiger partial charge on any atom is -0.353 e. The van der Waals surface area contributed by atoms with Crippen LogP contribution in [0.4, 0.5) is 10.5 Å². The van der Waals surface area contributed by atoms with E-state index in [9.17, 15) is 9.59 Å². The zero-order valence-electron chi connectivity index (χ0n) is 15.7. The molecule has 26 heavy (non-hydrogen) atoms. The fraction of sp³-hybridized carbons (Fsp3) is 0.600. The van der Waals surface area contributed by atoms with Gasteiger partial charge in [0.05, 0.1) is 10.7 Å². The number of rotatable bonds is 2. The summed E-state index contributed by atoms with van der Waals surface area (Å²) < 4.78 is 0. The van der Waals surface area contributed by atoms with E-state index in [-0.39, 0.29) is 30.1 Å². The molecule has 3 amide bonds. The van der Waals surface area contributed by atoms with Crippen LogP contribution < -0.4 is 10.6 Å². The number of hydrogen-bond acceptors (Lipinski definition) is 2. The Morgan fingerprint density at radius 1 is 1.12 bits per heavy atom. The summed E-state index contributed by atoms with van der Waals surface area (Å²) in [4.78, 5) is 27.2. The van der Waals surface area contributed by atoms with E-state index in [0.717, 1.165) is 32.1 Å². The van der Waals surface area contributed by atoms with Gasteiger partial charge in [0, 0.05) is 23.5 Å². The topological polar surface area (TPSA) is 61.4 Å². The second kappa shape index (κ2) is 7.47. The van der Waals surface area contributed by atoms with Gasteiger partial charge in [-0.05, 0) is 44.2 Å². The molecule has 1 aromatic rings. The number of hydrogen-bond donors (Lipinski definition) is 2. The van der Waals surface area contributed by atoms with Crippen LogP contribution in [0.5, 0.6) is 0 Å². The number of para-hydroxylation sites is 1. The molecular formula is C20H28ClN3O2. The highest BCUT2D eigenvalue weighted by Gasteiger charge is 2.42. The van der Waals surface area contributed by atoms with E-state index in [0.29, 0.717) is 10.7 Å². The molecule has 2 saturated heterocycles. The summed E-state index contributed by atoms with van der Waals surface area (Å²) in [6, 6.07) is 7.66. The van der Waals surface area contributed by atoms with Gasteiger partial charge in [-0.25, -0.2) is 4.79 Å². The highest BCUT2D eigenvalue weighted by atomic mass is 35.5. The molecule has 2 heterocycles. The number of piperidine rings is 2. The van der Waals surface area contributed by atoms with Crippen LogP contribution in [0, 0.1) is 5.41 Å². The first kappa shape index (κ1) is 19.0. The van der Waals surface area contributed by atoms with Crippen LogP contribution in [0.1, 0.15) is 52.9 Å². The molecule has 3 rings (SSSR count). The lowest BCUT2D eigenvalue weighted by Crippen LogP contribution is -2.60. The summed E-state index contributed by atoms with van der Waals surface area (Å²) >= 11 is 6.17. The molecule has 2 atom stereocenters. The van der Waals surface area contributed by atoms with Gasteiger partial charge >= 0.3 is 6.03 Å². The molecule has 0 unspecified atom stereocenters. The number of benzene rings is 1. The van der Waals surface area contributed by atoms with Gasteiger partial charge in [-0.15, -0.1) is 0 Å². The minimum atomic E-state index is -0.395. The monoisotopic (exact) mass is 377 g/mol. The average molecular weight is 378 g/mol. The molecule has 0 radical (unpaired) electrons. The summed E-state index contributed by atoms with van der Waals surface area (Å²) in [6.07, 6.45) is 4.72. The van der Waals surface area contributed by atoms with Crippen LogP contribution >= 0.6 is 11.6 Å². The standard InChI is InChI=1S/C20H28ClN3O2/c1-20(2,3)18(25)22-13-11-14-7-6-8-15(12-13)24(14)19(26)23-17-10-5-4-9-16(17)21/h4-5,9-10,13-15H,6-8,11-12H2,1-3H3,(H,22,25)(H,23,26)/t14-,15-/m1/s1. The van der Waals surface area contributed by atoms with Crippen molar-refractivity contribution in [1.29, 1.82) is 0 Å². The van der Waals surface area contributed by atoms with Gasteiger partial charge in [0.1, 0.15) is 0 Å². The van der Waals surface area contributed by atoms with Crippen molar-refractivity contribution in [2.24, 2.45) is 5.41 Å². The van der Waals surface area contributed by atoms with Gasteiger partial charge in [-0.2, -0.15) is 0 Å². The SMILES string of the molecule is CC(C)(C)C(=O)NC1C[C@H]2CCC[C@H](C1)N2C(=O)Nc1ccccc1Cl. The first-order valence-electron chi connectivity index (χ1n) is 9.40. The van der Waals surface area contributed by atoms with E-state index >= 15 is 0 Å². The number of carbonyl (C=O) groups is 2. The Morgan fingerprint density at radius 3 is 2.31 bits per heavy atom. The number of fused-ring (bicyclic) bond motifs is 2. The number of nitrogens with zero attached hydrogens (tertiary/aromatic N) is 1. The summed E-state index contributed by atoms with van der Waals surface area (Å²) in [7, 11) is 0. The first-order chi connectivity index (χ1) is 12.3. The van der Waals surface area contributed by atoms with Crippen LogP contribution in [0.25, 0.3) is 0 Å². The predicted octanol–water partition coefficient (Wildman–Crippen LogP) is 4.42. The van der Waals surface area contributed by atoms with E-state index in [1.807, 2.05) is 43.9 Å². The second-order valence-corrected chi connectivity index (χ2v) is 8.85. The normalized spacial score (nSPS) is 25.5. The number of carbonyl (C=O) groups excluding carboxylic acids is 2. The molecule has 2 fully saturated rings. The molecule has 2 aliphatic rings. The molecule has 0 saturated carbocycles. The van der Waals surface area contributed by atoms with Crippen molar-refractivity contribution in [2.45, 2.75) is 71.0 Å². The van der Waals surface area contributed by atoms with Crippen molar-refractivity contribution in [2.75, 3.05) is 5.32 Å². The fourth-order valence-corrected chi connectivity index (χ4v) is 4.16. The van der Waals surface area contributed by atoms with Gasteiger partial charge in [0.25, 0.3) is 0 Å². The van der Waals surface area contributed by atoms with Gasteiger partial charge in [0.15, 0.2) is 0 Å². The third-order valence-corrected chi connectivity index (χ3v) is 5.67. The van der Waals surface area contributed by atoms with E-state index in [4.69, 9.17) is 11.6 Å². The maximum absolute atomic E-state index is 12.9. The third kappa shape index (κ3) is 4.14. The zero-order chi connectivity index (χ0) is 18.9. The molecule has 5 nitrogen and oxygen atoms in total. The molecule has 2 aliphatic heterocycles. The highest BCUT2D eigenvalue weighted by Crippen LogP contribution is 2.35. The number of amides is 3. The van der Waals surface area contributed by atoms with Gasteiger partial charge in [-0.1, -0.05) is 44.5 Å². The Bertz CT molecular complexity index is 672. The number of halogens is 1. The van der Waals surface area contributed by atoms with Crippen LogP contribution in [0.3, 0.4) is 0 Å². The molecule has 0 spiro atoms. The van der Waals surface area contributed by atoms with Crippen LogP contribution in [0.15, 0.2) is 24.3 Å². The van der Waals surface area contributed by atoms with E-state index in [2.05, 4.69) is 10.6 Å². The molecule has 6 heteroatoms. The largest absolute Gasteiger partial charge is 0.353 e. The number of urea groups is 1. The first-order valence-corrected chi connectivity index (χ1v) is 9.78. The average Bonchev–Trinajstić information content (AvgIpc) is 2.55. The molecule has 0 aromatic heterocycles. The van der Waals surface area contributed by atoms with Gasteiger partial charge < -0.3 is 15.5 Å². The van der Waals surface area contributed by atoms with Gasteiger partial charge in [-0.3, -0.25) is 4.79 Å². The summed E-state index contributed by atoms with van der Waals surface area (Å²) in [5, 5.41) is 6.68. The number of anilines is 1. The maximum atomic E-state index is 12.9. The molecular weight excluding hydrogens is 350 g/mol. The lowest BCUT2D eigenvalue weighted by Gasteiger charge is -2.49. The van der Waals surface area contributed by atoms with Crippen molar-refractivity contribution in [1.82, 2.24) is 10.2 Å².